The maximum Gasteiger partial charge on any atom is -0.00205 e. The van der Waals surface area contributed by atoms with Crippen molar-refractivity contribution in [3.8, 4) is 0 Å². The molecule has 2 atom stereocenters. The summed E-state index contributed by atoms with van der Waals surface area (Å²) in [5.41, 5.74) is 0. The molecule has 13 heavy (non-hydrogen) atoms. The molecule has 0 heterocycles. The van der Waals surface area contributed by atoms with Crippen LogP contribution in [-0.2, 0) is 0 Å². The average molecular weight is 183 g/mol. The van der Waals surface area contributed by atoms with E-state index < -0.39 is 0 Å². The van der Waals surface area contributed by atoms with Gasteiger partial charge in [0, 0.05) is 0 Å². The van der Waals surface area contributed by atoms with E-state index in [0.29, 0.717) is 0 Å². The molecular weight excluding hydrogens is 158 g/mol. The predicted octanol–water partition coefficient (Wildman–Crippen LogP) is 3.06. The topological polar surface area (TPSA) is 12.0 Å². The highest BCUT2D eigenvalue weighted by Gasteiger charge is 2.27. The summed E-state index contributed by atoms with van der Waals surface area (Å²) >= 11 is 0. The van der Waals surface area contributed by atoms with Gasteiger partial charge in [-0.1, -0.05) is 40.0 Å². The first-order chi connectivity index (χ1) is 6.25. The molecule has 0 saturated heterocycles. The van der Waals surface area contributed by atoms with Gasteiger partial charge in [0.15, 0.2) is 0 Å². The summed E-state index contributed by atoms with van der Waals surface area (Å²) < 4.78 is 0. The summed E-state index contributed by atoms with van der Waals surface area (Å²) in [6.07, 6.45) is 5.70. The van der Waals surface area contributed by atoms with Crippen molar-refractivity contribution in [2.45, 2.75) is 46.5 Å². The van der Waals surface area contributed by atoms with E-state index >= 15 is 0 Å². The van der Waals surface area contributed by atoms with Crippen molar-refractivity contribution in [1.29, 1.82) is 0 Å². The second-order valence-electron chi connectivity index (χ2n) is 4.73. The van der Waals surface area contributed by atoms with Gasteiger partial charge in [0.25, 0.3) is 0 Å². The lowest BCUT2D eigenvalue weighted by Gasteiger charge is -2.35. The van der Waals surface area contributed by atoms with E-state index in [4.69, 9.17) is 0 Å². The normalized spacial score (nSPS) is 22.4. The molecule has 2 unspecified atom stereocenters. The van der Waals surface area contributed by atoms with Crippen LogP contribution in [-0.4, -0.2) is 13.1 Å². The fourth-order valence-electron chi connectivity index (χ4n) is 2.12. The molecule has 1 heteroatoms. The third-order valence-electron chi connectivity index (χ3n) is 3.68. The summed E-state index contributed by atoms with van der Waals surface area (Å²) in [5.74, 6) is 2.83. The van der Waals surface area contributed by atoms with E-state index in [1.807, 2.05) is 0 Å². The van der Waals surface area contributed by atoms with Crippen LogP contribution in [0, 0.1) is 17.8 Å². The maximum atomic E-state index is 3.52. The third kappa shape index (κ3) is 3.30. The molecule has 0 aromatic rings. The highest BCUT2D eigenvalue weighted by molar-refractivity contribution is 4.78. The smallest absolute Gasteiger partial charge is 0.00205 e. The minimum Gasteiger partial charge on any atom is -0.316 e. The van der Waals surface area contributed by atoms with E-state index in [9.17, 15) is 0 Å². The zero-order chi connectivity index (χ0) is 9.68. The first-order valence-electron chi connectivity index (χ1n) is 5.96. The molecule has 1 aliphatic rings. The Balaban J connectivity index is 2.09. The van der Waals surface area contributed by atoms with Crippen LogP contribution in [0.2, 0.25) is 0 Å². The zero-order valence-electron chi connectivity index (χ0n) is 9.47. The molecule has 0 aromatic heterocycles. The van der Waals surface area contributed by atoms with Gasteiger partial charge in [-0.2, -0.15) is 0 Å². The first kappa shape index (κ1) is 11.0. The van der Waals surface area contributed by atoms with Crippen LogP contribution < -0.4 is 5.32 Å². The van der Waals surface area contributed by atoms with E-state index in [1.165, 1.54) is 38.8 Å². The lowest BCUT2D eigenvalue weighted by Crippen LogP contribution is -2.31. The maximum absolute atomic E-state index is 3.52. The van der Waals surface area contributed by atoms with Crippen LogP contribution in [0.15, 0.2) is 0 Å². The fourth-order valence-corrected chi connectivity index (χ4v) is 2.12. The highest BCUT2D eigenvalue weighted by atomic mass is 14.8. The molecule has 78 valence electrons. The van der Waals surface area contributed by atoms with Gasteiger partial charge in [0.1, 0.15) is 0 Å². The summed E-state index contributed by atoms with van der Waals surface area (Å²) in [7, 11) is 0. The number of hydrogen-bond acceptors (Lipinski definition) is 1. The Morgan fingerprint density at radius 3 is 2.46 bits per heavy atom. The van der Waals surface area contributed by atoms with Crippen LogP contribution in [0.25, 0.3) is 0 Å². The summed E-state index contributed by atoms with van der Waals surface area (Å²) in [6.45, 7) is 9.45. The van der Waals surface area contributed by atoms with Crippen molar-refractivity contribution < 1.29 is 0 Å². The Kier molecular flexibility index (Phi) is 4.79. The molecular formula is C12H25N. The molecule has 1 fully saturated rings. The van der Waals surface area contributed by atoms with E-state index in [0.717, 1.165) is 17.8 Å². The van der Waals surface area contributed by atoms with Crippen LogP contribution in [0.5, 0.6) is 0 Å². The molecule has 0 spiro atoms. The number of nitrogens with one attached hydrogen (secondary N) is 1. The predicted molar refractivity (Wildman–Crippen MR) is 58.8 cm³/mol. The summed E-state index contributed by atoms with van der Waals surface area (Å²) in [6, 6.07) is 0. The van der Waals surface area contributed by atoms with Crippen LogP contribution >= 0.6 is 0 Å². The second kappa shape index (κ2) is 5.64. The van der Waals surface area contributed by atoms with Crippen molar-refractivity contribution >= 4 is 0 Å². The lowest BCUT2D eigenvalue weighted by molar-refractivity contribution is 0.165. The van der Waals surface area contributed by atoms with Gasteiger partial charge in [-0.3, -0.25) is 0 Å². The molecule has 0 aromatic carbocycles. The fraction of sp³-hybridized carbons (Fsp3) is 1.00. The summed E-state index contributed by atoms with van der Waals surface area (Å²) in [5, 5.41) is 3.52. The zero-order valence-corrected chi connectivity index (χ0v) is 9.47. The molecule has 0 amide bonds. The van der Waals surface area contributed by atoms with Crippen LogP contribution in [0.1, 0.15) is 46.5 Å². The van der Waals surface area contributed by atoms with Crippen molar-refractivity contribution in [3.63, 3.8) is 0 Å². The molecule has 0 aliphatic heterocycles. The van der Waals surface area contributed by atoms with Crippen molar-refractivity contribution in [2.24, 2.45) is 17.8 Å². The Morgan fingerprint density at radius 1 is 1.31 bits per heavy atom. The summed E-state index contributed by atoms with van der Waals surface area (Å²) in [4.78, 5) is 0. The first-order valence-corrected chi connectivity index (χ1v) is 5.96. The standard InChI is InChI=1S/C12H25N/c1-4-8-13-9-10(2)11(3)12-6-5-7-12/h10-13H,4-9H2,1-3H3. The minimum absolute atomic E-state index is 0.858. The Bertz CT molecular complexity index is 129. The molecule has 0 bridgehead atoms. The highest BCUT2D eigenvalue weighted by Crippen LogP contribution is 2.36. The SMILES string of the molecule is CCCNCC(C)C(C)C1CCC1. The Labute approximate surface area is 83.3 Å². The van der Waals surface area contributed by atoms with E-state index in [-0.39, 0.29) is 0 Å². The Hall–Kier alpha value is -0.0400. The van der Waals surface area contributed by atoms with Gasteiger partial charge in [0.05, 0.1) is 0 Å². The monoisotopic (exact) mass is 183 g/mol. The molecule has 1 aliphatic carbocycles. The van der Waals surface area contributed by atoms with Gasteiger partial charge >= 0.3 is 0 Å². The third-order valence-corrected chi connectivity index (χ3v) is 3.68. The minimum atomic E-state index is 0.858. The largest absolute Gasteiger partial charge is 0.316 e. The van der Waals surface area contributed by atoms with Crippen LogP contribution in [0.3, 0.4) is 0 Å². The van der Waals surface area contributed by atoms with Crippen LogP contribution in [0.4, 0.5) is 0 Å². The average Bonchev–Trinajstić information content (AvgIpc) is 2.01. The van der Waals surface area contributed by atoms with Crippen molar-refractivity contribution in [3.05, 3.63) is 0 Å². The number of hydrogen-bond donors (Lipinski definition) is 1. The quantitative estimate of drug-likeness (QED) is 0.624. The van der Waals surface area contributed by atoms with Crippen molar-refractivity contribution in [1.82, 2.24) is 5.32 Å². The van der Waals surface area contributed by atoms with Gasteiger partial charge in [-0.05, 0) is 37.3 Å². The molecule has 1 rings (SSSR count). The van der Waals surface area contributed by atoms with Crippen molar-refractivity contribution in [2.75, 3.05) is 13.1 Å². The van der Waals surface area contributed by atoms with Gasteiger partial charge < -0.3 is 5.32 Å². The molecule has 1 nitrogen and oxygen atoms in total. The van der Waals surface area contributed by atoms with Gasteiger partial charge in [-0.15, -0.1) is 0 Å². The Morgan fingerprint density at radius 2 is 2.00 bits per heavy atom. The van der Waals surface area contributed by atoms with E-state index in [2.05, 4.69) is 26.1 Å². The van der Waals surface area contributed by atoms with E-state index in [1.54, 1.807) is 0 Å². The number of rotatable bonds is 6. The lowest BCUT2D eigenvalue weighted by atomic mass is 9.72. The van der Waals surface area contributed by atoms with Gasteiger partial charge in [-0.25, -0.2) is 0 Å². The van der Waals surface area contributed by atoms with Gasteiger partial charge in [0.2, 0.25) is 0 Å². The molecule has 1 saturated carbocycles. The molecule has 1 N–H and O–H groups in total. The second-order valence-corrected chi connectivity index (χ2v) is 4.73. The molecule has 0 radical (unpaired) electrons.